The zero-order valence-corrected chi connectivity index (χ0v) is 11.9. The monoisotopic (exact) mass is 252 g/mol. The number of amides is 1. The van der Waals surface area contributed by atoms with Crippen LogP contribution in [0.1, 0.15) is 58.8 Å². The summed E-state index contributed by atoms with van der Waals surface area (Å²) in [7, 11) is 0. The van der Waals surface area contributed by atoms with E-state index < -0.39 is 0 Å². The van der Waals surface area contributed by atoms with Crippen molar-refractivity contribution >= 4 is 5.91 Å². The van der Waals surface area contributed by atoms with Crippen molar-refractivity contribution in [3.05, 3.63) is 0 Å². The molecular formula is C15H28N2O. The zero-order chi connectivity index (χ0) is 13.0. The number of hydrogen-bond acceptors (Lipinski definition) is 2. The Labute approximate surface area is 111 Å². The summed E-state index contributed by atoms with van der Waals surface area (Å²) in [5.74, 6) is 0.954. The average Bonchev–Trinajstić information content (AvgIpc) is 2.40. The summed E-state index contributed by atoms with van der Waals surface area (Å²) >= 11 is 0. The molecule has 1 heterocycles. The van der Waals surface area contributed by atoms with E-state index in [2.05, 4.69) is 24.5 Å². The number of hydrogen-bond donors (Lipinski definition) is 2. The van der Waals surface area contributed by atoms with Crippen LogP contribution < -0.4 is 10.6 Å². The van der Waals surface area contributed by atoms with Crippen molar-refractivity contribution in [3.8, 4) is 0 Å². The van der Waals surface area contributed by atoms with Crippen LogP contribution in [0.4, 0.5) is 0 Å². The predicted molar refractivity (Wildman–Crippen MR) is 74.4 cm³/mol. The summed E-state index contributed by atoms with van der Waals surface area (Å²) in [5.41, 5.74) is -0.0978. The molecule has 18 heavy (non-hydrogen) atoms. The lowest BCUT2D eigenvalue weighted by molar-refractivity contribution is -0.133. The van der Waals surface area contributed by atoms with Crippen LogP contribution in [0.2, 0.25) is 0 Å². The highest BCUT2D eigenvalue weighted by Gasteiger charge is 2.35. The topological polar surface area (TPSA) is 41.1 Å². The lowest BCUT2D eigenvalue weighted by Crippen LogP contribution is -2.48. The lowest BCUT2D eigenvalue weighted by Gasteiger charge is -2.35. The Kier molecular flexibility index (Phi) is 4.66. The lowest BCUT2D eigenvalue weighted by atomic mass is 9.74. The highest BCUT2D eigenvalue weighted by Crippen LogP contribution is 2.36. The summed E-state index contributed by atoms with van der Waals surface area (Å²) in [6.07, 6.45) is 8.25. The number of carbonyl (C=O) groups excluding carboxylic acids is 1. The van der Waals surface area contributed by atoms with Crippen LogP contribution in [-0.4, -0.2) is 25.0 Å². The van der Waals surface area contributed by atoms with Crippen LogP contribution in [0.5, 0.6) is 0 Å². The first-order chi connectivity index (χ1) is 8.62. The minimum Gasteiger partial charge on any atom is -0.353 e. The molecule has 2 aliphatic rings. The van der Waals surface area contributed by atoms with E-state index >= 15 is 0 Å². The molecule has 1 unspecified atom stereocenters. The van der Waals surface area contributed by atoms with E-state index in [4.69, 9.17) is 0 Å². The molecule has 104 valence electrons. The van der Waals surface area contributed by atoms with E-state index in [-0.39, 0.29) is 5.41 Å². The van der Waals surface area contributed by atoms with Crippen LogP contribution in [0.15, 0.2) is 0 Å². The fraction of sp³-hybridized carbons (Fsp3) is 0.933. The minimum absolute atomic E-state index is 0.0978. The third-order valence-corrected chi connectivity index (χ3v) is 4.95. The molecule has 0 aromatic heterocycles. The second-order valence-corrected chi connectivity index (χ2v) is 6.47. The second-order valence-electron chi connectivity index (χ2n) is 6.47. The molecule has 1 saturated carbocycles. The Hall–Kier alpha value is -0.570. The Bertz CT molecular complexity index is 278. The predicted octanol–water partition coefficient (Wildman–Crippen LogP) is 2.46. The van der Waals surface area contributed by atoms with Gasteiger partial charge in [0.2, 0.25) is 5.91 Å². The van der Waals surface area contributed by atoms with Gasteiger partial charge in [0, 0.05) is 11.5 Å². The Balaban J connectivity index is 1.85. The molecule has 2 rings (SSSR count). The van der Waals surface area contributed by atoms with Gasteiger partial charge in [0.1, 0.15) is 0 Å². The molecule has 1 aliphatic heterocycles. The summed E-state index contributed by atoms with van der Waals surface area (Å²) in [6.45, 7) is 6.53. The Morgan fingerprint density at radius 2 is 1.83 bits per heavy atom. The van der Waals surface area contributed by atoms with Crippen molar-refractivity contribution < 1.29 is 4.79 Å². The molecule has 2 N–H and O–H groups in total. The zero-order valence-electron chi connectivity index (χ0n) is 11.9. The average molecular weight is 252 g/mol. The fourth-order valence-corrected chi connectivity index (χ4v) is 3.40. The van der Waals surface area contributed by atoms with Crippen molar-refractivity contribution in [2.75, 3.05) is 13.1 Å². The molecule has 1 saturated heterocycles. The molecule has 0 bridgehead atoms. The first-order valence-corrected chi connectivity index (χ1v) is 7.63. The quantitative estimate of drug-likeness (QED) is 0.810. The second kappa shape index (κ2) is 6.05. The molecule has 0 aromatic rings. The van der Waals surface area contributed by atoms with Crippen molar-refractivity contribution in [2.24, 2.45) is 11.3 Å². The van der Waals surface area contributed by atoms with Crippen molar-refractivity contribution in [1.82, 2.24) is 10.6 Å². The van der Waals surface area contributed by atoms with Crippen molar-refractivity contribution in [2.45, 2.75) is 64.8 Å². The maximum Gasteiger partial charge on any atom is 0.226 e. The summed E-state index contributed by atoms with van der Waals surface area (Å²) in [4.78, 5) is 12.4. The van der Waals surface area contributed by atoms with Gasteiger partial charge in [-0.05, 0) is 51.6 Å². The first kappa shape index (κ1) is 13.9. The van der Waals surface area contributed by atoms with Gasteiger partial charge in [-0.1, -0.05) is 26.2 Å². The third-order valence-electron chi connectivity index (χ3n) is 4.95. The number of piperidine rings is 1. The van der Waals surface area contributed by atoms with Crippen LogP contribution in [0, 0.1) is 11.3 Å². The van der Waals surface area contributed by atoms with Crippen LogP contribution >= 0.6 is 0 Å². The van der Waals surface area contributed by atoms with E-state index in [0.717, 1.165) is 25.9 Å². The summed E-state index contributed by atoms with van der Waals surface area (Å²) in [5, 5.41) is 6.67. The van der Waals surface area contributed by atoms with E-state index in [9.17, 15) is 4.79 Å². The minimum atomic E-state index is -0.0978. The molecule has 1 amide bonds. The normalized spacial score (nSPS) is 26.6. The number of nitrogens with one attached hydrogen (secondary N) is 2. The van der Waals surface area contributed by atoms with Crippen molar-refractivity contribution in [3.63, 3.8) is 0 Å². The number of rotatable bonds is 3. The Morgan fingerprint density at radius 3 is 2.44 bits per heavy atom. The standard InChI is InChI=1S/C15H28N2O/c1-12(13-6-10-16-11-7-13)17-14(18)15(2)8-4-3-5-9-15/h12-13,16H,3-11H2,1-2H3,(H,17,18). The summed E-state index contributed by atoms with van der Waals surface area (Å²) in [6, 6.07) is 0.332. The van der Waals surface area contributed by atoms with Gasteiger partial charge in [-0.2, -0.15) is 0 Å². The van der Waals surface area contributed by atoms with E-state index in [1.165, 1.54) is 32.1 Å². The highest BCUT2D eigenvalue weighted by molar-refractivity contribution is 5.82. The molecule has 3 nitrogen and oxygen atoms in total. The van der Waals surface area contributed by atoms with Crippen LogP contribution in [-0.2, 0) is 4.79 Å². The molecule has 0 radical (unpaired) electrons. The number of carbonyl (C=O) groups is 1. The van der Waals surface area contributed by atoms with E-state index in [1.807, 2.05) is 0 Å². The molecule has 1 atom stereocenters. The van der Waals surface area contributed by atoms with Gasteiger partial charge in [0.15, 0.2) is 0 Å². The molecule has 2 fully saturated rings. The van der Waals surface area contributed by atoms with Crippen molar-refractivity contribution in [1.29, 1.82) is 0 Å². The van der Waals surface area contributed by atoms with Gasteiger partial charge >= 0.3 is 0 Å². The van der Waals surface area contributed by atoms with Gasteiger partial charge in [-0.25, -0.2) is 0 Å². The van der Waals surface area contributed by atoms with Gasteiger partial charge in [-0.3, -0.25) is 4.79 Å². The van der Waals surface area contributed by atoms with Gasteiger partial charge in [0.25, 0.3) is 0 Å². The van der Waals surface area contributed by atoms with Gasteiger partial charge in [-0.15, -0.1) is 0 Å². The third kappa shape index (κ3) is 3.25. The fourth-order valence-electron chi connectivity index (χ4n) is 3.40. The smallest absolute Gasteiger partial charge is 0.226 e. The maximum absolute atomic E-state index is 12.4. The maximum atomic E-state index is 12.4. The first-order valence-electron chi connectivity index (χ1n) is 7.63. The van der Waals surface area contributed by atoms with Gasteiger partial charge < -0.3 is 10.6 Å². The van der Waals surface area contributed by atoms with E-state index in [1.54, 1.807) is 0 Å². The van der Waals surface area contributed by atoms with Crippen LogP contribution in [0.3, 0.4) is 0 Å². The largest absolute Gasteiger partial charge is 0.353 e. The Morgan fingerprint density at radius 1 is 1.22 bits per heavy atom. The highest BCUT2D eigenvalue weighted by atomic mass is 16.2. The SMILES string of the molecule is CC(NC(=O)C1(C)CCCCC1)C1CCNCC1. The molecular weight excluding hydrogens is 224 g/mol. The van der Waals surface area contributed by atoms with E-state index in [0.29, 0.717) is 17.9 Å². The van der Waals surface area contributed by atoms with Gasteiger partial charge in [0.05, 0.1) is 0 Å². The summed E-state index contributed by atoms with van der Waals surface area (Å²) < 4.78 is 0. The molecule has 0 aromatic carbocycles. The molecule has 0 spiro atoms. The van der Waals surface area contributed by atoms with Crippen LogP contribution in [0.25, 0.3) is 0 Å². The molecule has 3 heteroatoms. The molecule has 1 aliphatic carbocycles.